The molecule has 0 aliphatic carbocycles. The summed E-state index contributed by atoms with van der Waals surface area (Å²) in [4.78, 5) is 25.7. The molecule has 2 rings (SSSR count). The van der Waals surface area contributed by atoms with Crippen molar-refractivity contribution in [3.63, 3.8) is 0 Å². The van der Waals surface area contributed by atoms with E-state index < -0.39 is 5.82 Å². The highest BCUT2D eigenvalue weighted by molar-refractivity contribution is 5.96. The van der Waals surface area contributed by atoms with Gasteiger partial charge in [-0.3, -0.25) is 9.59 Å². The lowest BCUT2D eigenvalue weighted by Gasteiger charge is -2.15. The molecule has 2 aromatic rings. The van der Waals surface area contributed by atoms with E-state index in [1.807, 2.05) is 0 Å². The predicted molar refractivity (Wildman–Crippen MR) is 104 cm³/mol. The van der Waals surface area contributed by atoms with Crippen molar-refractivity contribution < 1.29 is 18.9 Å². The average molecular weight is 372 g/mol. The average Bonchev–Trinajstić information content (AvgIpc) is 2.67. The second kappa shape index (κ2) is 10.4. The molecule has 0 saturated carbocycles. The molecule has 6 heteroatoms. The molecule has 144 valence electrons. The molecule has 0 fully saturated rings. The third kappa shape index (κ3) is 6.49. The number of anilines is 1. The minimum absolute atomic E-state index is 0.0391. The van der Waals surface area contributed by atoms with Gasteiger partial charge in [0.1, 0.15) is 5.82 Å². The van der Waals surface area contributed by atoms with Gasteiger partial charge < -0.3 is 15.5 Å². The molecule has 0 unspecified atom stereocenters. The molecule has 0 aliphatic rings. The maximum absolute atomic E-state index is 13.6. The van der Waals surface area contributed by atoms with Crippen LogP contribution in [0.2, 0.25) is 0 Å². The van der Waals surface area contributed by atoms with Gasteiger partial charge in [0.05, 0.1) is 32.6 Å². The highest BCUT2D eigenvalue weighted by Gasteiger charge is 2.10. The van der Waals surface area contributed by atoms with Crippen LogP contribution < -0.4 is 15.5 Å². The fraction of sp³-hybridized carbons (Fsp3) is 0.333. The lowest BCUT2D eigenvalue weighted by Crippen LogP contribution is -3.12. The number of amides is 2. The van der Waals surface area contributed by atoms with E-state index in [1.54, 1.807) is 42.5 Å². The molecule has 0 aromatic heterocycles. The van der Waals surface area contributed by atoms with Gasteiger partial charge in [0, 0.05) is 11.3 Å². The van der Waals surface area contributed by atoms with Crippen molar-refractivity contribution >= 4 is 17.5 Å². The van der Waals surface area contributed by atoms with E-state index in [0.29, 0.717) is 23.4 Å². The zero-order valence-corrected chi connectivity index (χ0v) is 15.8. The highest BCUT2D eigenvalue weighted by Crippen LogP contribution is 2.12. The van der Waals surface area contributed by atoms with E-state index >= 15 is 0 Å². The summed E-state index contributed by atoms with van der Waals surface area (Å²) in [7, 11) is 0. The van der Waals surface area contributed by atoms with Crippen molar-refractivity contribution in [1.29, 1.82) is 0 Å². The minimum atomic E-state index is -0.397. The summed E-state index contributed by atoms with van der Waals surface area (Å²) in [5.41, 5.74) is 1.46. The fourth-order valence-electron chi connectivity index (χ4n) is 2.78. The second-order valence-corrected chi connectivity index (χ2v) is 6.36. The van der Waals surface area contributed by atoms with Crippen LogP contribution in [0.3, 0.4) is 0 Å². The van der Waals surface area contributed by atoms with Gasteiger partial charge in [-0.15, -0.1) is 0 Å². The summed E-state index contributed by atoms with van der Waals surface area (Å²) >= 11 is 0. The van der Waals surface area contributed by atoms with Crippen molar-refractivity contribution in [3.05, 3.63) is 65.5 Å². The first kappa shape index (κ1) is 20.6. The highest BCUT2D eigenvalue weighted by atomic mass is 19.1. The number of hydrogen-bond acceptors (Lipinski definition) is 2. The molecule has 0 aliphatic heterocycles. The molecule has 0 atom stereocenters. The van der Waals surface area contributed by atoms with Crippen molar-refractivity contribution in [1.82, 2.24) is 5.32 Å². The molecule has 0 heterocycles. The summed E-state index contributed by atoms with van der Waals surface area (Å²) in [6.45, 7) is 7.83. The Bertz CT molecular complexity index is 758. The molecule has 5 nitrogen and oxygen atoms in total. The van der Waals surface area contributed by atoms with Crippen LogP contribution in [0, 0.1) is 5.82 Å². The fourth-order valence-corrected chi connectivity index (χ4v) is 2.78. The van der Waals surface area contributed by atoms with Crippen molar-refractivity contribution in [2.24, 2.45) is 0 Å². The zero-order chi connectivity index (χ0) is 19.6. The molecule has 0 radical (unpaired) electrons. The van der Waals surface area contributed by atoms with E-state index in [1.165, 1.54) is 11.0 Å². The van der Waals surface area contributed by atoms with Crippen LogP contribution in [-0.2, 0) is 11.2 Å². The van der Waals surface area contributed by atoms with Gasteiger partial charge in [-0.05, 0) is 49.7 Å². The first-order chi connectivity index (χ1) is 13.0. The number of likely N-dealkylation sites (N-methyl/N-ethyl adjacent to an activating group) is 1. The Labute approximate surface area is 159 Å². The molecule has 0 bridgehead atoms. The van der Waals surface area contributed by atoms with Gasteiger partial charge in [0.2, 0.25) is 5.91 Å². The molecule has 0 spiro atoms. The summed E-state index contributed by atoms with van der Waals surface area (Å²) in [5, 5.41) is 5.62. The SMILES string of the molecule is CC[NH+](CC)CCNC(=O)c1ccc(NC(=O)Cc2ccccc2F)cc1. The molecule has 3 N–H and O–H groups in total. The number of benzene rings is 2. The number of carbonyl (C=O) groups excluding carboxylic acids is 2. The van der Waals surface area contributed by atoms with E-state index in [-0.39, 0.29) is 18.2 Å². The first-order valence-electron chi connectivity index (χ1n) is 9.28. The molecule has 27 heavy (non-hydrogen) atoms. The van der Waals surface area contributed by atoms with Crippen LogP contribution in [-0.4, -0.2) is 38.0 Å². The Hall–Kier alpha value is -2.73. The molecular formula is C21H27FN3O2+. The van der Waals surface area contributed by atoms with Gasteiger partial charge in [0.25, 0.3) is 5.91 Å². The van der Waals surface area contributed by atoms with Crippen LogP contribution in [0.25, 0.3) is 0 Å². The monoisotopic (exact) mass is 372 g/mol. The lowest BCUT2D eigenvalue weighted by atomic mass is 10.1. The number of quaternary nitrogens is 1. The maximum Gasteiger partial charge on any atom is 0.251 e. The van der Waals surface area contributed by atoms with Crippen molar-refractivity contribution in [2.75, 3.05) is 31.5 Å². The van der Waals surface area contributed by atoms with Crippen molar-refractivity contribution in [3.8, 4) is 0 Å². The van der Waals surface area contributed by atoms with Gasteiger partial charge in [-0.1, -0.05) is 18.2 Å². The number of nitrogens with one attached hydrogen (secondary N) is 3. The topological polar surface area (TPSA) is 62.6 Å². The standard InChI is InChI=1S/C21H26FN3O2/c1-3-25(4-2)14-13-23-21(27)16-9-11-18(12-10-16)24-20(26)15-17-7-5-6-8-19(17)22/h5-12H,3-4,13-15H2,1-2H3,(H,23,27)(H,24,26)/p+1. The Morgan fingerprint density at radius 2 is 1.67 bits per heavy atom. The minimum Gasteiger partial charge on any atom is -0.346 e. The predicted octanol–water partition coefficient (Wildman–Crippen LogP) is 1.66. The van der Waals surface area contributed by atoms with Crippen LogP contribution in [0.15, 0.2) is 48.5 Å². The summed E-state index contributed by atoms with van der Waals surface area (Å²) in [5.74, 6) is -0.837. The third-order valence-electron chi connectivity index (χ3n) is 4.50. The van der Waals surface area contributed by atoms with Crippen molar-refractivity contribution in [2.45, 2.75) is 20.3 Å². The quantitative estimate of drug-likeness (QED) is 0.627. The largest absolute Gasteiger partial charge is 0.346 e. The van der Waals surface area contributed by atoms with Crippen LogP contribution in [0.4, 0.5) is 10.1 Å². The van der Waals surface area contributed by atoms with Gasteiger partial charge >= 0.3 is 0 Å². The van der Waals surface area contributed by atoms with E-state index in [4.69, 9.17) is 0 Å². The zero-order valence-electron chi connectivity index (χ0n) is 15.8. The summed E-state index contributed by atoms with van der Waals surface area (Å²) < 4.78 is 13.6. The summed E-state index contributed by atoms with van der Waals surface area (Å²) in [6.07, 6.45) is -0.0391. The number of hydrogen-bond donors (Lipinski definition) is 3. The van der Waals surface area contributed by atoms with Gasteiger partial charge in [-0.2, -0.15) is 0 Å². The molecule has 2 aromatic carbocycles. The Kier molecular flexibility index (Phi) is 7.95. The van der Waals surface area contributed by atoms with Crippen LogP contribution >= 0.6 is 0 Å². The Morgan fingerprint density at radius 3 is 2.30 bits per heavy atom. The van der Waals surface area contributed by atoms with Crippen LogP contribution in [0.1, 0.15) is 29.8 Å². The smallest absolute Gasteiger partial charge is 0.251 e. The molecular weight excluding hydrogens is 345 g/mol. The maximum atomic E-state index is 13.6. The normalized spacial score (nSPS) is 10.7. The van der Waals surface area contributed by atoms with E-state index in [0.717, 1.165) is 19.6 Å². The molecule has 2 amide bonds. The second-order valence-electron chi connectivity index (χ2n) is 6.36. The lowest BCUT2D eigenvalue weighted by molar-refractivity contribution is -0.895. The summed E-state index contributed by atoms with van der Waals surface area (Å²) in [6, 6.07) is 12.9. The Balaban J connectivity index is 1.84. The number of carbonyl (C=O) groups is 2. The van der Waals surface area contributed by atoms with E-state index in [9.17, 15) is 14.0 Å². The van der Waals surface area contributed by atoms with E-state index in [2.05, 4.69) is 24.5 Å². The Morgan fingerprint density at radius 1 is 1.00 bits per heavy atom. The number of halogens is 1. The van der Waals surface area contributed by atoms with Crippen LogP contribution in [0.5, 0.6) is 0 Å². The molecule has 0 saturated heterocycles. The third-order valence-corrected chi connectivity index (χ3v) is 4.50. The van der Waals surface area contributed by atoms with Gasteiger partial charge in [-0.25, -0.2) is 4.39 Å². The number of rotatable bonds is 9. The first-order valence-corrected chi connectivity index (χ1v) is 9.28. The van der Waals surface area contributed by atoms with Gasteiger partial charge in [0.15, 0.2) is 0 Å².